The van der Waals surface area contributed by atoms with E-state index in [4.69, 9.17) is 39.9 Å². The maximum Gasteiger partial charge on any atom is 0.341 e. The fourth-order valence-corrected chi connectivity index (χ4v) is 4.35. The fourth-order valence-electron chi connectivity index (χ4n) is 3.63. The molecule has 0 aliphatic heterocycles. The molecular formula is C23H20N4O2S2. The second kappa shape index (κ2) is 8.41. The second-order valence-corrected chi connectivity index (χ2v) is 7.60. The lowest BCUT2D eigenvalue weighted by atomic mass is 10.1. The third-order valence-electron chi connectivity index (χ3n) is 5.00. The lowest BCUT2D eigenvalue weighted by molar-refractivity contribution is 0.0524. The van der Waals surface area contributed by atoms with Crippen molar-refractivity contribution < 1.29 is 9.53 Å². The van der Waals surface area contributed by atoms with E-state index in [2.05, 4.69) is 0 Å². The number of carbonyl (C=O) groups excluding carboxylic acids is 1. The van der Waals surface area contributed by atoms with Crippen molar-refractivity contribution in [3.05, 3.63) is 81.2 Å². The van der Waals surface area contributed by atoms with E-state index in [-0.39, 0.29) is 6.61 Å². The van der Waals surface area contributed by atoms with Gasteiger partial charge in [-0.1, -0.05) is 48.6 Å². The molecule has 0 saturated carbocycles. The average Bonchev–Trinajstić information content (AvgIpc) is 2.75. The van der Waals surface area contributed by atoms with Crippen molar-refractivity contribution in [1.29, 1.82) is 0 Å². The first-order chi connectivity index (χ1) is 15.0. The number of hydrogen-bond acceptors (Lipinski definition) is 6. The minimum Gasteiger partial charge on any atom is -0.462 e. The first-order valence-corrected chi connectivity index (χ1v) is 10.5. The summed E-state index contributed by atoms with van der Waals surface area (Å²) in [6.45, 7) is 3.79. The summed E-state index contributed by atoms with van der Waals surface area (Å²) < 4.78 is 9.31. The number of rotatable bonds is 4. The van der Waals surface area contributed by atoms with Crippen LogP contribution in [-0.2, 0) is 4.74 Å². The topological polar surface area (TPSA) is 75.1 Å². The van der Waals surface area contributed by atoms with Crippen LogP contribution in [0.4, 0.5) is 5.82 Å². The van der Waals surface area contributed by atoms with Gasteiger partial charge in [0.15, 0.2) is 5.65 Å². The van der Waals surface area contributed by atoms with Crippen molar-refractivity contribution in [3.63, 3.8) is 0 Å². The monoisotopic (exact) mass is 448 g/mol. The second-order valence-electron chi connectivity index (χ2n) is 6.85. The van der Waals surface area contributed by atoms with Gasteiger partial charge in [-0.15, -0.1) is 0 Å². The van der Waals surface area contributed by atoms with Crippen LogP contribution in [0.25, 0.3) is 22.4 Å². The normalized spacial score (nSPS) is 10.9. The molecule has 0 aliphatic rings. The van der Waals surface area contributed by atoms with Gasteiger partial charge in [0.1, 0.15) is 10.5 Å². The van der Waals surface area contributed by atoms with Crippen LogP contribution in [0.15, 0.2) is 60.7 Å². The summed E-state index contributed by atoms with van der Waals surface area (Å²) in [4.78, 5) is 17.6. The Labute approximate surface area is 189 Å². The van der Waals surface area contributed by atoms with Crippen molar-refractivity contribution in [2.75, 3.05) is 12.3 Å². The standard InChI is InChI=1S/C23H20N4O2S2/c1-3-29-22(28)18-14(2)17-19(24)26(15-10-6-4-7-11-15)23(31)25-20(17)27(21(18)30)16-12-8-5-9-13-16/h4-13H,3,24H2,1-2H3. The molecule has 0 atom stereocenters. The molecule has 6 nitrogen and oxygen atoms in total. The zero-order valence-electron chi connectivity index (χ0n) is 17.0. The number of aryl methyl sites for hydroxylation is 1. The Bertz CT molecular complexity index is 1410. The summed E-state index contributed by atoms with van der Waals surface area (Å²) in [7, 11) is 0. The number of aromatic nitrogens is 3. The molecule has 0 unspecified atom stereocenters. The van der Waals surface area contributed by atoms with Crippen molar-refractivity contribution in [1.82, 2.24) is 14.1 Å². The molecule has 0 radical (unpaired) electrons. The number of benzene rings is 2. The number of fused-ring (bicyclic) bond motifs is 1. The van der Waals surface area contributed by atoms with Crippen LogP contribution in [-0.4, -0.2) is 26.7 Å². The highest BCUT2D eigenvalue weighted by Gasteiger charge is 2.23. The Morgan fingerprint density at radius 2 is 1.55 bits per heavy atom. The Morgan fingerprint density at radius 1 is 1.00 bits per heavy atom. The smallest absolute Gasteiger partial charge is 0.341 e. The molecule has 0 saturated heterocycles. The molecule has 0 bridgehead atoms. The number of pyridine rings is 1. The average molecular weight is 449 g/mol. The van der Waals surface area contributed by atoms with Gasteiger partial charge in [-0.3, -0.25) is 9.13 Å². The van der Waals surface area contributed by atoms with Gasteiger partial charge in [-0.25, -0.2) is 9.78 Å². The highest BCUT2D eigenvalue weighted by Crippen LogP contribution is 2.31. The van der Waals surface area contributed by atoms with Crippen molar-refractivity contribution >= 4 is 47.3 Å². The summed E-state index contributed by atoms with van der Waals surface area (Å²) in [6, 6.07) is 18.9. The molecule has 0 aliphatic carbocycles. The quantitative estimate of drug-likeness (QED) is 0.335. The molecule has 2 aromatic carbocycles. The summed E-state index contributed by atoms with van der Waals surface area (Å²) >= 11 is 11.3. The Morgan fingerprint density at radius 3 is 2.10 bits per heavy atom. The molecule has 31 heavy (non-hydrogen) atoms. The van der Waals surface area contributed by atoms with Crippen LogP contribution in [0.2, 0.25) is 0 Å². The molecule has 8 heteroatoms. The van der Waals surface area contributed by atoms with Crippen LogP contribution in [0.5, 0.6) is 0 Å². The summed E-state index contributed by atoms with van der Waals surface area (Å²) in [5.74, 6) is -0.117. The Kier molecular flexibility index (Phi) is 5.67. The number of para-hydroxylation sites is 2. The predicted molar refractivity (Wildman–Crippen MR) is 127 cm³/mol. The molecule has 0 fully saturated rings. The van der Waals surface area contributed by atoms with Gasteiger partial charge in [-0.05, 0) is 55.9 Å². The number of carbonyl (C=O) groups is 1. The van der Waals surface area contributed by atoms with E-state index in [1.807, 2.05) is 60.7 Å². The Hall–Kier alpha value is -3.36. The van der Waals surface area contributed by atoms with Gasteiger partial charge >= 0.3 is 5.97 Å². The van der Waals surface area contributed by atoms with Gasteiger partial charge in [-0.2, -0.15) is 0 Å². The zero-order chi connectivity index (χ0) is 22.1. The largest absolute Gasteiger partial charge is 0.462 e. The van der Waals surface area contributed by atoms with Gasteiger partial charge in [0.05, 0.1) is 17.6 Å². The van der Waals surface area contributed by atoms with E-state index in [1.165, 1.54) is 0 Å². The number of nitrogen functional groups attached to an aromatic ring is 1. The lowest BCUT2D eigenvalue weighted by Crippen LogP contribution is -2.17. The third-order valence-corrected chi connectivity index (χ3v) is 5.66. The number of ether oxygens (including phenoxy) is 1. The van der Waals surface area contributed by atoms with Gasteiger partial charge in [0, 0.05) is 11.4 Å². The van der Waals surface area contributed by atoms with Crippen LogP contribution >= 0.6 is 24.4 Å². The zero-order valence-corrected chi connectivity index (χ0v) is 18.7. The maximum atomic E-state index is 12.9. The molecule has 4 aromatic rings. The van der Waals surface area contributed by atoms with Gasteiger partial charge in [0.25, 0.3) is 0 Å². The van der Waals surface area contributed by atoms with Crippen molar-refractivity contribution in [2.24, 2.45) is 0 Å². The van der Waals surface area contributed by atoms with Crippen LogP contribution < -0.4 is 5.73 Å². The van der Waals surface area contributed by atoms with Crippen LogP contribution in [0.3, 0.4) is 0 Å². The highest BCUT2D eigenvalue weighted by molar-refractivity contribution is 7.71. The maximum absolute atomic E-state index is 12.9. The number of nitrogens with two attached hydrogens (primary N) is 1. The van der Waals surface area contributed by atoms with Crippen molar-refractivity contribution in [3.8, 4) is 11.4 Å². The lowest BCUT2D eigenvalue weighted by Gasteiger charge is -2.20. The highest BCUT2D eigenvalue weighted by atomic mass is 32.1. The third kappa shape index (κ3) is 3.54. The number of nitrogens with zero attached hydrogens (tertiary/aromatic N) is 3. The number of hydrogen-bond donors (Lipinski definition) is 1. The minimum atomic E-state index is -0.496. The molecule has 2 heterocycles. The minimum absolute atomic E-state index is 0.235. The van der Waals surface area contributed by atoms with E-state index >= 15 is 0 Å². The first-order valence-electron chi connectivity index (χ1n) is 9.71. The van der Waals surface area contributed by atoms with Crippen LogP contribution in [0, 0.1) is 16.3 Å². The van der Waals surface area contributed by atoms with Crippen LogP contribution in [0.1, 0.15) is 22.8 Å². The summed E-state index contributed by atoms with van der Waals surface area (Å²) in [5.41, 5.74) is 9.58. The van der Waals surface area contributed by atoms with E-state index in [0.29, 0.717) is 37.4 Å². The Balaban J connectivity index is 2.21. The molecule has 4 rings (SSSR count). The SMILES string of the molecule is CCOC(=O)c1c(C)c2c(N)n(-c3ccccc3)c(=S)nc2n(-c2ccccc2)c1=S. The first kappa shape index (κ1) is 20.9. The molecule has 156 valence electrons. The molecule has 2 aromatic heterocycles. The van der Waals surface area contributed by atoms with E-state index in [9.17, 15) is 4.79 Å². The van der Waals surface area contributed by atoms with Crippen molar-refractivity contribution in [2.45, 2.75) is 13.8 Å². The molecule has 0 spiro atoms. The molecular weight excluding hydrogens is 428 g/mol. The summed E-state index contributed by atoms with van der Waals surface area (Å²) in [5, 5.41) is 0.595. The van der Waals surface area contributed by atoms with E-state index < -0.39 is 5.97 Å². The molecule has 2 N–H and O–H groups in total. The van der Waals surface area contributed by atoms with Gasteiger partial charge < -0.3 is 10.5 Å². The van der Waals surface area contributed by atoms with Gasteiger partial charge in [0.2, 0.25) is 4.77 Å². The fraction of sp³-hybridized carbons (Fsp3) is 0.130. The van der Waals surface area contributed by atoms with E-state index in [0.717, 1.165) is 11.4 Å². The number of anilines is 1. The number of esters is 1. The molecule has 0 amide bonds. The summed E-state index contributed by atoms with van der Waals surface area (Å²) in [6.07, 6.45) is 0. The predicted octanol–water partition coefficient (Wildman–Crippen LogP) is 5.34. The van der Waals surface area contributed by atoms with E-state index in [1.54, 1.807) is 23.0 Å².